The molecule has 0 radical (unpaired) electrons. The monoisotopic (exact) mass is 405 g/mol. The van der Waals surface area contributed by atoms with Gasteiger partial charge in [0.2, 0.25) is 0 Å². The summed E-state index contributed by atoms with van der Waals surface area (Å²) in [5.74, 6) is 1.95. The zero-order valence-corrected chi connectivity index (χ0v) is 17.8. The second-order valence-electron chi connectivity index (χ2n) is 7.85. The van der Waals surface area contributed by atoms with Crippen molar-refractivity contribution in [2.45, 2.75) is 26.8 Å². The number of hydrogen-bond donors (Lipinski definition) is 1. The van der Waals surface area contributed by atoms with Crippen molar-refractivity contribution < 1.29 is 14.3 Å². The second-order valence-corrected chi connectivity index (χ2v) is 7.85. The van der Waals surface area contributed by atoms with Gasteiger partial charge in [0.05, 0.1) is 25.5 Å². The van der Waals surface area contributed by atoms with E-state index in [4.69, 9.17) is 9.47 Å². The van der Waals surface area contributed by atoms with Crippen LogP contribution in [0, 0.1) is 5.92 Å². The molecule has 0 aliphatic carbocycles. The minimum atomic E-state index is -0.193. The van der Waals surface area contributed by atoms with Crippen molar-refractivity contribution in [2.75, 3.05) is 20.3 Å². The maximum atomic E-state index is 13.2. The Morgan fingerprint density at radius 2 is 1.73 bits per heavy atom. The first kappa shape index (κ1) is 20.0. The van der Waals surface area contributed by atoms with Crippen molar-refractivity contribution in [3.05, 3.63) is 65.4 Å². The van der Waals surface area contributed by atoms with Gasteiger partial charge in [0, 0.05) is 17.7 Å². The quantitative estimate of drug-likeness (QED) is 0.619. The average Bonchev–Trinajstić information content (AvgIpc) is 3.28. The van der Waals surface area contributed by atoms with Crippen LogP contribution in [0.3, 0.4) is 0 Å². The Kier molecular flexibility index (Phi) is 5.48. The van der Waals surface area contributed by atoms with E-state index in [1.165, 1.54) is 0 Å². The van der Waals surface area contributed by atoms with E-state index in [1.807, 2.05) is 60.4 Å². The molecular formula is C24H27N3O3. The van der Waals surface area contributed by atoms with Crippen molar-refractivity contribution in [1.29, 1.82) is 0 Å². The summed E-state index contributed by atoms with van der Waals surface area (Å²) in [6.45, 7) is 7.50. The number of ether oxygens (including phenoxy) is 2. The van der Waals surface area contributed by atoms with Crippen LogP contribution in [0.15, 0.2) is 48.5 Å². The van der Waals surface area contributed by atoms with Gasteiger partial charge in [-0.15, -0.1) is 0 Å². The number of aromatic amines is 1. The van der Waals surface area contributed by atoms with E-state index in [0.717, 1.165) is 33.9 Å². The third-order valence-corrected chi connectivity index (χ3v) is 5.30. The smallest absolute Gasteiger partial charge is 0.273 e. The molecule has 1 atom stereocenters. The Morgan fingerprint density at radius 3 is 2.33 bits per heavy atom. The molecule has 2 aromatic carbocycles. The zero-order chi connectivity index (χ0) is 21.3. The highest BCUT2D eigenvalue weighted by Crippen LogP contribution is 2.43. The lowest BCUT2D eigenvalue weighted by molar-refractivity contribution is 0.0722. The lowest BCUT2D eigenvalue weighted by Crippen LogP contribution is -2.32. The maximum absolute atomic E-state index is 13.2. The number of hydrogen-bond acceptors (Lipinski definition) is 4. The molecule has 6 heteroatoms. The molecule has 1 unspecified atom stereocenters. The third-order valence-electron chi connectivity index (χ3n) is 5.30. The lowest BCUT2D eigenvalue weighted by atomic mass is 9.95. The molecule has 1 aliphatic rings. The normalized spacial score (nSPS) is 15.6. The van der Waals surface area contributed by atoms with Crippen molar-refractivity contribution in [1.82, 2.24) is 15.1 Å². The minimum Gasteiger partial charge on any atom is -0.497 e. The summed E-state index contributed by atoms with van der Waals surface area (Å²) in [6.07, 6.45) is 0. The van der Waals surface area contributed by atoms with E-state index in [0.29, 0.717) is 24.8 Å². The number of aromatic nitrogens is 2. The van der Waals surface area contributed by atoms with E-state index in [1.54, 1.807) is 7.11 Å². The van der Waals surface area contributed by atoms with Crippen LogP contribution < -0.4 is 9.47 Å². The highest BCUT2D eigenvalue weighted by molar-refractivity contribution is 6.00. The summed E-state index contributed by atoms with van der Waals surface area (Å²) in [5.41, 5.74) is 4.28. The Bertz CT molecular complexity index is 1020. The van der Waals surface area contributed by atoms with E-state index in [9.17, 15) is 4.79 Å². The van der Waals surface area contributed by atoms with E-state index in [2.05, 4.69) is 24.0 Å². The van der Waals surface area contributed by atoms with Crippen molar-refractivity contribution in [2.24, 2.45) is 5.92 Å². The number of H-pyrrole nitrogens is 1. The first-order valence-electron chi connectivity index (χ1n) is 10.3. The number of methoxy groups -OCH3 is 1. The number of carbonyl (C=O) groups excluding carboxylic acids is 1. The highest BCUT2D eigenvalue weighted by atomic mass is 16.5. The molecule has 1 N–H and O–H groups in total. The standard InChI is InChI=1S/C24H27N3O3/c1-5-30-19-12-8-17(9-13-19)23-20-21(16-6-10-18(29-4)11-7-16)25-26-22(20)24(28)27(23)14-15(2)3/h6-13,15,23H,5,14H2,1-4H3,(H,25,26). The molecule has 3 aromatic rings. The molecule has 6 nitrogen and oxygen atoms in total. The molecule has 0 fully saturated rings. The zero-order valence-electron chi connectivity index (χ0n) is 17.8. The number of nitrogens with one attached hydrogen (secondary N) is 1. The number of fused-ring (bicyclic) bond motifs is 1. The molecule has 1 aromatic heterocycles. The summed E-state index contributed by atoms with van der Waals surface area (Å²) < 4.78 is 10.9. The summed E-state index contributed by atoms with van der Waals surface area (Å²) in [5, 5.41) is 7.51. The Balaban J connectivity index is 1.80. The predicted octanol–water partition coefficient (Wildman–Crippen LogP) is 4.69. The highest BCUT2D eigenvalue weighted by Gasteiger charge is 2.42. The SMILES string of the molecule is CCOc1ccc(C2c3c(-c4ccc(OC)cc4)n[nH]c3C(=O)N2CC(C)C)cc1. The van der Waals surface area contributed by atoms with Gasteiger partial charge in [0.25, 0.3) is 5.91 Å². The number of carbonyl (C=O) groups is 1. The van der Waals surface area contributed by atoms with E-state index < -0.39 is 0 Å². The second kappa shape index (κ2) is 8.22. The Hall–Kier alpha value is -3.28. The molecule has 0 bridgehead atoms. The molecule has 156 valence electrons. The first-order chi connectivity index (χ1) is 14.5. The van der Waals surface area contributed by atoms with Crippen LogP contribution in [-0.4, -0.2) is 41.3 Å². The number of benzene rings is 2. The Morgan fingerprint density at radius 1 is 1.07 bits per heavy atom. The van der Waals surface area contributed by atoms with E-state index in [-0.39, 0.29) is 11.9 Å². The minimum absolute atomic E-state index is 0.00940. The van der Waals surface area contributed by atoms with Crippen molar-refractivity contribution in [3.8, 4) is 22.8 Å². The topological polar surface area (TPSA) is 67.5 Å². The summed E-state index contributed by atoms with van der Waals surface area (Å²) in [6, 6.07) is 15.6. The van der Waals surface area contributed by atoms with Gasteiger partial charge in [-0.3, -0.25) is 9.89 Å². The van der Waals surface area contributed by atoms with Gasteiger partial charge in [0.15, 0.2) is 0 Å². The fourth-order valence-electron chi connectivity index (χ4n) is 4.01. The summed E-state index contributed by atoms with van der Waals surface area (Å²) in [4.78, 5) is 15.2. The summed E-state index contributed by atoms with van der Waals surface area (Å²) >= 11 is 0. The third kappa shape index (κ3) is 3.54. The molecule has 30 heavy (non-hydrogen) atoms. The fourth-order valence-corrected chi connectivity index (χ4v) is 4.01. The molecule has 0 spiro atoms. The molecule has 2 heterocycles. The van der Waals surface area contributed by atoms with Gasteiger partial charge in [0.1, 0.15) is 17.2 Å². The van der Waals surface area contributed by atoms with Crippen LogP contribution in [-0.2, 0) is 0 Å². The van der Waals surface area contributed by atoms with Crippen molar-refractivity contribution in [3.63, 3.8) is 0 Å². The molecule has 0 saturated carbocycles. The van der Waals surface area contributed by atoms with Crippen LogP contribution in [0.5, 0.6) is 11.5 Å². The summed E-state index contributed by atoms with van der Waals surface area (Å²) in [7, 11) is 1.64. The average molecular weight is 405 g/mol. The molecule has 0 saturated heterocycles. The van der Waals surface area contributed by atoms with Gasteiger partial charge in [-0.1, -0.05) is 26.0 Å². The van der Waals surface area contributed by atoms with Gasteiger partial charge >= 0.3 is 0 Å². The maximum Gasteiger partial charge on any atom is 0.273 e. The van der Waals surface area contributed by atoms with E-state index >= 15 is 0 Å². The van der Waals surface area contributed by atoms with Gasteiger partial charge in [-0.2, -0.15) is 5.10 Å². The fraction of sp³-hybridized carbons (Fsp3) is 0.333. The Labute approximate surface area is 176 Å². The van der Waals surface area contributed by atoms with Crippen LogP contribution >= 0.6 is 0 Å². The molecule has 1 aliphatic heterocycles. The lowest BCUT2D eigenvalue weighted by Gasteiger charge is -2.28. The number of rotatable bonds is 7. The number of nitrogens with zero attached hydrogens (tertiary/aromatic N) is 2. The van der Waals surface area contributed by atoms with Gasteiger partial charge < -0.3 is 14.4 Å². The number of amides is 1. The first-order valence-corrected chi connectivity index (χ1v) is 10.3. The van der Waals surface area contributed by atoms with Gasteiger partial charge in [-0.05, 0) is 54.8 Å². The van der Waals surface area contributed by atoms with Crippen LogP contribution in [0.4, 0.5) is 0 Å². The van der Waals surface area contributed by atoms with Gasteiger partial charge in [-0.25, -0.2) is 0 Å². The molecule has 1 amide bonds. The van der Waals surface area contributed by atoms with Crippen LogP contribution in [0.2, 0.25) is 0 Å². The largest absolute Gasteiger partial charge is 0.497 e. The van der Waals surface area contributed by atoms with Crippen molar-refractivity contribution >= 4 is 5.91 Å². The van der Waals surface area contributed by atoms with Crippen LogP contribution in [0.25, 0.3) is 11.3 Å². The molecular weight excluding hydrogens is 378 g/mol. The molecule has 4 rings (SSSR count). The van der Waals surface area contributed by atoms with Crippen LogP contribution in [0.1, 0.15) is 48.4 Å². The predicted molar refractivity (Wildman–Crippen MR) is 116 cm³/mol.